The number of aliphatic hydroxyl groups is 1. The van der Waals surface area contributed by atoms with E-state index in [0.29, 0.717) is 0 Å². The molecule has 114 valence electrons. The van der Waals surface area contributed by atoms with Gasteiger partial charge < -0.3 is 15.0 Å². The fourth-order valence-corrected chi connectivity index (χ4v) is 3.18. The molecule has 0 radical (unpaired) electrons. The number of amides is 1. The molecule has 0 aliphatic rings. The summed E-state index contributed by atoms with van der Waals surface area (Å²) in [7, 11) is 0. The zero-order valence-corrected chi connectivity index (χ0v) is 13.5. The summed E-state index contributed by atoms with van der Waals surface area (Å²) in [5.74, 6) is 0.819. The normalized spacial score (nSPS) is 12.3. The van der Waals surface area contributed by atoms with Crippen molar-refractivity contribution in [3.05, 3.63) is 35.6 Å². The standard InChI is InChI=1S/C14H19N3O2S2/c1-20-7-4-11(9-18)15-13(19)8-12-10-21-14(16-12)17-5-2-3-6-17/h2-3,5-6,10-11,18H,4,7-9H2,1H3,(H,15,19)/t11-/m1/s1. The Kier molecular flexibility index (Phi) is 6.28. The molecular formula is C14H19N3O2S2. The highest BCUT2D eigenvalue weighted by atomic mass is 32.2. The molecule has 1 atom stereocenters. The summed E-state index contributed by atoms with van der Waals surface area (Å²) in [6.45, 7) is -0.0298. The van der Waals surface area contributed by atoms with Crippen LogP contribution in [0.15, 0.2) is 29.9 Å². The third-order valence-corrected chi connectivity index (χ3v) is 4.51. The number of nitrogens with one attached hydrogen (secondary N) is 1. The van der Waals surface area contributed by atoms with Crippen LogP contribution >= 0.6 is 23.1 Å². The molecule has 0 saturated carbocycles. The van der Waals surface area contributed by atoms with E-state index in [4.69, 9.17) is 0 Å². The van der Waals surface area contributed by atoms with Gasteiger partial charge in [0.15, 0.2) is 5.13 Å². The van der Waals surface area contributed by atoms with Gasteiger partial charge in [0.05, 0.1) is 24.8 Å². The van der Waals surface area contributed by atoms with Crippen molar-refractivity contribution in [3.63, 3.8) is 0 Å². The molecule has 1 amide bonds. The van der Waals surface area contributed by atoms with E-state index in [1.807, 2.05) is 40.7 Å². The van der Waals surface area contributed by atoms with Crippen LogP contribution in [0.5, 0.6) is 0 Å². The summed E-state index contributed by atoms with van der Waals surface area (Å²) in [5.41, 5.74) is 0.753. The lowest BCUT2D eigenvalue weighted by molar-refractivity contribution is -0.121. The van der Waals surface area contributed by atoms with Crippen LogP contribution in [0.4, 0.5) is 0 Å². The van der Waals surface area contributed by atoms with Crippen LogP contribution in [-0.4, -0.2) is 45.2 Å². The second kappa shape index (κ2) is 8.21. The number of carbonyl (C=O) groups is 1. The van der Waals surface area contributed by atoms with E-state index >= 15 is 0 Å². The number of thioether (sulfide) groups is 1. The van der Waals surface area contributed by atoms with Crippen molar-refractivity contribution in [3.8, 4) is 5.13 Å². The third-order valence-electron chi connectivity index (χ3n) is 2.96. The quantitative estimate of drug-likeness (QED) is 0.775. The van der Waals surface area contributed by atoms with Gasteiger partial charge in [-0.05, 0) is 30.6 Å². The summed E-state index contributed by atoms with van der Waals surface area (Å²) < 4.78 is 1.92. The number of aliphatic hydroxyl groups excluding tert-OH is 1. The molecular weight excluding hydrogens is 306 g/mol. The van der Waals surface area contributed by atoms with Crippen molar-refractivity contribution in [1.29, 1.82) is 0 Å². The van der Waals surface area contributed by atoms with Gasteiger partial charge in [-0.1, -0.05) is 0 Å². The van der Waals surface area contributed by atoms with Gasteiger partial charge in [0.25, 0.3) is 0 Å². The van der Waals surface area contributed by atoms with Gasteiger partial charge in [0, 0.05) is 17.8 Å². The Bertz CT molecular complexity index is 554. The Hall–Kier alpha value is -1.31. The summed E-state index contributed by atoms with van der Waals surface area (Å²) in [6.07, 6.45) is 6.87. The zero-order chi connectivity index (χ0) is 15.1. The van der Waals surface area contributed by atoms with E-state index in [1.54, 1.807) is 11.8 Å². The number of thiazole rings is 1. The minimum Gasteiger partial charge on any atom is -0.394 e. The number of rotatable bonds is 8. The number of nitrogens with zero attached hydrogens (tertiary/aromatic N) is 2. The van der Waals surface area contributed by atoms with Gasteiger partial charge in [-0.25, -0.2) is 4.98 Å². The number of aromatic nitrogens is 2. The molecule has 0 aliphatic heterocycles. The van der Waals surface area contributed by atoms with Crippen LogP contribution in [-0.2, 0) is 11.2 Å². The van der Waals surface area contributed by atoms with E-state index in [2.05, 4.69) is 10.3 Å². The highest BCUT2D eigenvalue weighted by molar-refractivity contribution is 7.98. The van der Waals surface area contributed by atoms with E-state index in [-0.39, 0.29) is 25.0 Å². The van der Waals surface area contributed by atoms with Gasteiger partial charge in [0.2, 0.25) is 5.91 Å². The Morgan fingerprint density at radius 1 is 1.52 bits per heavy atom. The molecule has 2 N–H and O–H groups in total. The molecule has 0 aromatic carbocycles. The van der Waals surface area contributed by atoms with Crippen molar-refractivity contribution < 1.29 is 9.90 Å². The number of hydrogen-bond donors (Lipinski definition) is 2. The lowest BCUT2D eigenvalue weighted by atomic mass is 10.2. The maximum atomic E-state index is 12.0. The summed E-state index contributed by atoms with van der Waals surface area (Å²) >= 11 is 3.21. The average Bonchev–Trinajstić information content (AvgIpc) is 3.13. The molecule has 2 rings (SSSR count). The smallest absolute Gasteiger partial charge is 0.226 e. The molecule has 0 spiro atoms. The Labute approximate surface area is 132 Å². The molecule has 0 bridgehead atoms. The van der Waals surface area contributed by atoms with Gasteiger partial charge in [-0.3, -0.25) is 4.79 Å². The van der Waals surface area contributed by atoms with E-state index in [0.717, 1.165) is 23.0 Å². The maximum Gasteiger partial charge on any atom is 0.226 e. The Balaban J connectivity index is 1.88. The highest BCUT2D eigenvalue weighted by Crippen LogP contribution is 2.15. The molecule has 7 heteroatoms. The van der Waals surface area contributed by atoms with Gasteiger partial charge in [-0.15, -0.1) is 11.3 Å². The fourth-order valence-electron chi connectivity index (χ4n) is 1.87. The molecule has 0 fully saturated rings. The first kappa shape index (κ1) is 16.1. The van der Waals surface area contributed by atoms with Gasteiger partial charge in [-0.2, -0.15) is 11.8 Å². The molecule has 0 aliphatic carbocycles. The molecule has 21 heavy (non-hydrogen) atoms. The lowest BCUT2D eigenvalue weighted by Crippen LogP contribution is -2.38. The molecule has 2 heterocycles. The topological polar surface area (TPSA) is 67.2 Å². The second-order valence-electron chi connectivity index (χ2n) is 4.62. The minimum absolute atomic E-state index is 0.0298. The first-order valence-corrected chi connectivity index (χ1v) is 8.97. The minimum atomic E-state index is -0.174. The largest absolute Gasteiger partial charge is 0.394 e. The third kappa shape index (κ3) is 4.87. The molecule has 0 saturated heterocycles. The van der Waals surface area contributed by atoms with Crippen LogP contribution in [0.2, 0.25) is 0 Å². The molecule has 2 aromatic heterocycles. The van der Waals surface area contributed by atoms with Crippen molar-refractivity contribution in [2.45, 2.75) is 18.9 Å². The van der Waals surface area contributed by atoms with E-state index in [1.165, 1.54) is 11.3 Å². The molecule has 2 aromatic rings. The lowest BCUT2D eigenvalue weighted by Gasteiger charge is -2.15. The first-order valence-electron chi connectivity index (χ1n) is 6.70. The van der Waals surface area contributed by atoms with Crippen LogP contribution in [0.1, 0.15) is 12.1 Å². The van der Waals surface area contributed by atoms with Crippen molar-refractivity contribution in [2.24, 2.45) is 0 Å². The summed E-state index contributed by atoms with van der Waals surface area (Å²) in [6, 6.07) is 3.70. The van der Waals surface area contributed by atoms with Gasteiger partial charge in [0.1, 0.15) is 0 Å². The SMILES string of the molecule is CSCC[C@H](CO)NC(=O)Cc1csc(-n2cccc2)n1. The predicted molar refractivity (Wildman–Crippen MR) is 87.2 cm³/mol. The van der Waals surface area contributed by atoms with Crippen LogP contribution in [0.25, 0.3) is 5.13 Å². The molecule has 0 unspecified atom stereocenters. The fraction of sp³-hybridized carbons (Fsp3) is 0.429. The van der Waals surface area contributed by atoms with Crippen molar-refractivity contribution in [2.75, 3.05) is 18.6 Å². The summed E-state index contributed by atoms with van der Waals surface area (Å²) in [5, 5.41) is 14.8. The van der Waals surface area contributed by atoms with E-state index < -0.39 is 0 Å². The zero-order valence-electron chi connectivity index (χ0n) is 11.9. The van der Waals surface area contributed by atoms with Crippen LogP contribution in [0.3, 0.4) is 0 Å². The van der Waals surface area contributed by atoms with Gasteiger partial charge >= 0.3 is 0 Å². The Morgan fingerprint density at radius 2 is 2.29 bits per heavy atom. The maximum absolute atomic E-state index is 12.0. The van der Waals surface area contributed by atoms with Crippen molar-refractivity contribution in [1.82, 2.24) is 14.9 Å². The first-order chi connectivity index (χ1) is 10.2. The highest BCUT2D eigenvalue weighted by Gasteiger charge is 2.13. The monoisotopic (exact) mass is 325 g/mol. The van der Waals surface area contributed by atoms with E-state index in [9.17, 15) is 9.90 Å². The molecule has 5 nitrogen and oxygen atoms in total. The average molecular weight is 325 g/mol. The van der Waals surface area contributed by atoms with Crippen LogP contribution in [0, 0.1) is 0 Å². The Morgan fingerprint density at radius 3 is 2.95 bits per heavy atom. The second-order valence-corrected chi connectivity index (χ2v) is 6.44. The predicted octanol–water partition coefficient (Wildman–Crippen LogP) is 1.71. The number of hydrogen-bond acceptors (Lipinski definition) is 5. The van der Waals surface area contributed by atoms with Crippen LogP contribution < -0.4 is 5.32 Å². The number of carbonyl (C=O) groups excluding carboxylic acids is 1. The van der Waals surface area contributed by atoms with Crippen molar-refractivity contribution >= 4 is 29.0 Å². The summed E-state index contributed by atoms with van der Waals surface area (Å²) in [4.78, 5) is 16.4.